The normalized spacial score (nSPS) is 13.2. The lowest BCUT2D eigenvalue weighted by atomic mass is 9.89. The molecule has 3 nitrogen and oxygen atoms in total. The van der Waals surface area contributed by atoms with Gasteiger partial charge in [-0.15, -0.1) is 0 Å². The first kappa shape index (κ1) is 15.8. The largest absolute Gasteiger partial charge is 0.354 e. The van der Waals surface area contributed by atoms with Crippen molar-refractivity contribution in [3.63, 3.8) is 0 Å². The summed E-state index contributed by atoms with van der Waals surface area (Å²) in [7, 11) is 0. The Hall–Kier alpha value is -1.27. The highest BCUT2D eigenvalue weighted by Crippen LogP contribution is 2.22. The van der Waals surface area contributed by atoms with Crippen LogP contribution in [0.1, 0.15) is 64.5 Å². The standard InChI is InChI=1S/C16H27N3/c1-4-7-15(18)14-8-11-19(12-14)10-6-5-9-16(2,3)13-17/h8,11-12,15H,4-7,9-10,18H2,1-3H3. The predicted octanol–water partition coefficient (Wildman–Crippen LogP) is 4.01. The van der Waals surface area contributed by atoms with Crippen LogP contribution in [0.25, 0.3) is 0 Å². The van der Waals surface area contributed by atoms with Crippen molar-refractivity contribution in [2.45, 2.75) is 65.5 Å². The van der Waals surface area contributed by atoms with Crippen molar-refractivity contribution in [2.24, 2.45) is 11.1 Å². The smallest absolute Gasteiger partial charge is 0.0683 e. The minimum Gasteiger partial charge on any atom is -0.354 e. The summed E-state index contributed by atoms with van der Waals surface area (Å²) in [6.45, 7) is 7.18. The topological polar surface area (TPSA) is 54.7 Å². The van der Waals surface area contributed by atoms with Gasteiger partial charge in [0.25, 0.3) is 0 Å². The van der Waals surface area contributed by atoms with Crippen LogP contribution in [0.2, 0.25) is 0 Å². The molecule has 1 heterocycles. The lowest BCUT2D eigenvalue weighted by Crippen LogP contribution is -2.09. The second-order valence-electron chi connectivity index (χ2n) is 6.03. The zero-order chi connectivity index (χ0) is 14.3. The minimum atomic E-state index is -0.189. The highest BCUT2D eigenvalue weighted by molar-refractivity contribution is 5.14. The fourth-order valence-electron chi connectivity index (χ4n) is 2.21. The molecule has 0 aliphatic carbocycles. The van der Waals surface area contributed by atoms with E-state index in [1.165, 1.54) is 5.56 Å². The molecule has 0 saturated carbocycles. The van der Waals surface area contributed by atoms with Crippen LogP contribution in [0.5, 0.6) is 0 Å². The predicted molar refractivity (Wildman–Crippen MR) is 79.5 cm³/mol. The van der Waals surface area contributed by atoms with E-state index in [0.717, 1.165) is 38.6 Å². The van der Waals surface area contributed by atoms with E-state index in [0.29, 0.717) is 0 Å². The highest BCUT2D eigenvalue weighted by atomic mass is 14.9. The molecule has 0 amide bonds. The molecule has 1 aromatic heterocycles. The molecule has 0 fully saturated rings. The molecule has 1 unspecified atom stereocenters. The number of rotatable bonds is 8. The second kappa shape index (κ2) is 7.35. The molecule has 1 aromatic rings. The van der Waals surface area contributed by atoms with Gasteiger partial charge >= 0.3 is 0 Å². The van der Waals surface area contributed by atoms with Gasteiger partial charge in [-0.25, -0.2) is 0 Å². The Morgan fingerprint density at radius 3 is 2.79 bits per heavy atom. The average molecular weight is 261 g/mol. The van der Waals surface area contributed by atoms with E-state index < -0.39 is 0 Å². The molecule has 106 valence electrons. The molecule has 3 heteroatoms. The molecule has 19 heavy (non-hydrogen) atoms. The highest BCUT2D eigenvalue weighted by Gasteiger charge is 2.15. The summed E-state index contributed by atoms with van der Waals surface area (Å²) in [6.07, 6.45) is 9.61. The minimum absolute atomic E-state index is 0.170. The van der Waals surface area contributed by atoms with Crippen LogP contribution in [0.4, 0.5) is 0 Å². The molecule has 0 saturated heterocycles. The second-order valence-corrected chi connectivity index (χ2v) is 6.03. The molecular formula is C16H27N3. The maximum absolute atomic E-state index is 8.96. The van der Waals surface area contributed by atoms with Gasteiger partial charge in [-0.2, -0.15) is 5.26 Å². The van der Waals surface area contributed by atoms with E-state index in [2.05, 4.69) is 36.0 Å². The van der Waals surface area contributed by atoms with E-state index in [1.807, 2.05) is 13.8 Å². The van der Waals surface area contributed by atoms with Crippen molar-refractivity contribution in [2.75, 3.05) is 0 Å². The number of nitrogens with two attached hydrogens (primary N) is 1. The van der Waals surface area contributed by atoms with Gasteiger partial charge in [-0.3, -0.25) is 0 Å². The number of unbranched alkanes of at least 4 members (excludes halogenated alkanes) is 1. The van der Waals surface area contributed by atoms with E-state index in [1.54, 1.807) is 0 Å². The van der Waals surface area contributed by atoms with Crippen molar-refractivity contribution in [1.82, 2.24) is 4.57 Å². The maximum Gasteiger partial charge on any atom is 0.0683 e. The Morgan fingerprint density at radius 2 is 2.16 bits per heavy atom. The Bertz CT molecular complexity index is 412. The fourth-order valence-corrected chi connectivity index (χ4v) is 2.21. The lowest BCUT2D eigenvalue weighted by molar-refractivity contribution is 0.417. The van der Waals surface area contributed by atoms with Crippen molar-refractivity contribution in [1.29, 1.82) is 5.26 Å². The van der Waals surface area contributed by atoms with Gasteiger partial charge in [0.2, 0.25) is 0 Å². The summed E-state index contributed by atoms with van der Waals surface area (Å²) in [6, 6.07) is 4.64. The quantitative estimate of drug-likeness (QED) is 0.719. The Labute approximate surface area is 117 Å². The van der Waals surface area contributed by atoms with Gasteiger partial charge in [-0.1, -0.05) is 19.8 Å². The van der Waals surface area contributed by atoms with Crippen LogP contribution < -0.4 is 5.73 Å². The Morgan fingerprint density at radius 1 is 1.42 bits per heavy atom. The van der Waals surface area contributed by atoms with Crippen molar-refractivity contribution >= 4 is 0 Å². The molecular weight excluding hydrogens is 234 g/mol. The molecule has 1 rings (SSSR count). The third-order valence-corrected chi connectivity index (χ3v) is 3.57. The van der Waals surface area contributed by atoms with Crippen molar-refractivity contribution < 1.29 is 0 Å². The van der Waals surface area contributed by atoms with Crippen LogP contribution in [-0.4, -0.2) is 4.57 Å². The van der Waals surface area contributed by atoms with Crippen molar-refractivity contribution in [3.05, 3.63) is 24.0 Å². The van der Waals surface area contributed by atoms with Crippen LogP contribution in [0.15, 0.2) is 18.5 Å². The van der Waals surface area contributed by atoms with E-state index in [-0.39, 0.29) is 11.5 Å². The summed E-state index contributed by atoms with van der Waals surface area (Å²) in [4.78, 5) is 0. The number of aryl methyl sites for hydroxylation is 1. The van der Waals surface area contributed by atoms with Crippen LogP contribution in [0, 0.1) is 16.7 Å². The molecule has 0 aliphatic heterocycles. The number of nitriles is 1. The number of hydrogen-bond donors (Lipinski definition) is 1. The Kier molecular flexibility index (Phi) is 6.11. The summed E-state index contributed by atoms with van der Waals surface area (Å²) < 4.78 is 2.21. The first-order valence-corrected chi connectivity index (χ1v) is 7.31. The van der Waals surface area contributed by atoms with E-state index >= 15 is 0 Å². The zero-order valence-corrected chi connectivity index (χ0v) is 12.5. The third-order valence-electron chi connectivity index (χ3n) is 3.57. The molecule has 2 N–H and O–H groups in total. The first-order valence-electron chi connectivity index (χ1n) is 7.31. The Balaban J connectivity index is 2.33. The number of hydrogen-bond acceptors (Lipinski definition) is 2. The third kappa shape index (κ3) is 5.48. The van der Waals surface area contributed by atoms with Gasteiger partial charge in [0.15, 0.2) is 0 Å². The monoisotopic (exact) mass is 261 g/mol. The molecule has 0 bridgehead atoms. The fraction of sp³-hybridized carbons (Fsp3) is 0.688. The van der Waals surface area contributed by atoms with Crippen LogP contribution in [0.3, 0.4) is 0 Å². The SMILES string of the molecule is CCCC(N)c1ccn(CCCCC(C)(C)C#N)c1. The van der Waals surface area contributed by atoms with Gasteiger partial charge in [0.1, 0.15) is 0 Å². The summed E-state index contributed by atoms with van der Waals surface area (Å²) >= 11 is 0. The summed E-state index contributed by atoms with van der Waals surface area (Å²) in [5.74, 6) is 0. The average Bonchev–Trinajstić information content (AvgIpc) is 2.84. The maximum atomic E-state index is 8.96. The summed E-state index contributed by atoms with van der Waals surface area (Å²) in [5.41, 5.74) is 7.15. The lowest BCUT2D eigenvalue weighted by Gasteiger charge is -2.14. The van der Waals surface area contributed by atoms with Gasteiger partial charge < -0.3 is 10.3 Å². The van der Waals surface area contributed by atoms with Crippen LogP contribution in [-0.2, 0) is 6.54 Å². The molecule has 0 spiro atoms. The molecule has 0 aromatic carbocycles. The van der Waals surface area contributed by atoms with E-state index in [4.69, 9.17) is 11.0 Å². The number of aromatic nitrogens is 1. The van der Waals surface area contributed by atoms with Gasteiger partial charge in [0, 0.05) is 25.0 Å². The summed E-state index contributed by atoms with van der Waals surface area (Å²) in [5, 5.41) is 8.96. The number of nitrogens with zero attached hydrogens (tertiary/aromatic N) is 2. The molecule has 0 radical (unpaired) electrons. The van der Waals surface area contributed by atoms with E-state index in [9.17, 15) is 0 Å². The first-order chi connectivity index (χ1) is 8.98. The molecule has 0 aliphatic rings. The van der Waals surface area contributed by atoms with Gasteiger partial charge in [-0.05, 0) is 44.7 Å². The van der Waals surface area contributed by atoms with Gasteiger partial charge in [0.05, 0.1) is 11.5 Å². The zero-order valence-electron chi connectivity index (χ0n) is 12.5. The van der Waals surface area contributed by atoms with Crippen molar-refractivity contribution in [3.8, 4) is 6.07 Å². The molecule has 1 atom stereocenters. The van der Waals surface area contributed by atoms with Crippen LogP contribution >= 0.6 is 0 Å².